The van der Waals surface area contributed by atoms with Crippen molar-refractivity contribution in [1.82, 2.24) is 0 Å². The fraction of sp³-hybridized carbons (Fsp3) is 0.200. The predicted octanol–water partition coefficient (Wildman–Crippen LogP) is 4.81. The van der Waals surface area contributed by atoms with Crippen LogP contribution in [0.25, 0.3) is 0 Å². The average molecular weight is 314 g/mol. The summed E-state index contributed by atoms with van der Waals surface area (Å²) in [7, 11) is 0. The molecule has 0 fully saturated rings. The topological polar surface area (TPSA) is 35.2 Å². The summed E-state index contributed by atoms with van der Waals surface area (Å²) in [6.45, 7) is 1.89. The Kier molecular flexibility index (Phi) is 4.86. The first kappa shape index (κ1) is 15.1. The van der Waals surface area contributed by atoms with Gasteiger partial charge in [-0.2, -0.15) is 0 Å². The van der Waals surface area contributed by atoms with E-state index in [0.717, 1.165) is 5.56 Å². The number of nitrogens with two attached hydrogens (primary N) is 1. The van der Waals surface area contributed by atoms with Crippen molar-refractivity contribution in [3.63, 3.8) is 0 Å². The summed E-state index contributed by atoms with van der Waals surface area (Å²) in [5, 5.41) is 0.522. The van der Waals surface area contributed by atoms with Crippen molar-refractivity contribution in [3.05, 3.63) is 57.8 Å². The van der Waals surface area contributed by atoms with Crippen LogP contribution in [0, 0.1) is 5.82 Å². The number of rotatable bonds is 4. The van der Waals surface area contributed by atoms with Gasteiger partial charge in [0.15, 0.2) is 11.6 Å². The molecule has 0 aromatic heterocycles. The molecule has 0 radical (unpaired) electrons. The molecule has 2 aromatic rings. The maximum Gasteiger partial charge on any atom is 0.184 e. The summed E-state index contributed by atoms with van der Waals surface area (Å²) in [5.41, 5.74) is 6.66. The van der Waals surface area contributed by atoms with E-state index < -0.39 is 5.82 Å². The second-order valence-corrected chi connectivity index (χ2v) is 5.43. The zero-order chi connectivity index (χ0) is 14.7. The third kappa shape index (κ3) is 3.63. The first-order valence-corrected chi connectivity index (χ1v) is 6.89. The first-order chi connectivity index (χ1) is 9.47. The minimum absolute atomic E-state index is 0.0123. The monoisotopic (exact) mass is 313 g/mol. The fourth-order valence-electron chi connectivity index (χ4n) is 1.82. The van der Waals surface area contributed by atoms with Crippen molar-refractivity contribution in [1.29, 1.82) is 0 Å². The second-order valence-electron chi connectivity index (χ2n) is 4.59. The smallest absolute Gasteiger partial charge is 0.184 e. The van der Waals surface area contributed by atoms with Gasteiger partial charge in [0.05, 0.1) is 5.02 Å². The maximum atomic E-state index is 13.9. The van der Waals surface area contributed by atoms with Gasteiger partial charge in [-0.25, -0.2) is 4.39 Å². The van der Waals surface area contributed by atoms with Crippen molar-refractivity contribution in [2.45, 2.75) is 19.4 Å². The molecule has 0 bridgehead atoms. The molecular formula is C15H14Cl2FNO. The molecule has 106 valence electrons. The van der Waals surface area contributed by atoms with Gasteiger partial charge in [0.1, 0.15) is 5.75 Å². The molecule has 0 heterocycles. The second kappa shape index (κ2) is 6.44. The molecule has 0 saturated heterocycles. The molecule has 0 amide bonds. The van der Waals surface area contributed by atoms with Crippen LogP contribution in [0.4, 0.5) is 4.39 Å². The average Bonchev–Trinajstić information content (AvgIpc) is 2.38. The number of hydrogen-bond acceptors (Lipinski definition) is 2. The molecule has 2 rings (SSSR count). The molecule has 0 spiro atoms. The van der Waals surface area contributed by atoms with E-state index in [1.807, 2.05) is 13.0 Å². The van der Waals surface area contributed by atoms with Crippen LogP contribution in [0.1, 0.15) is 12.5 Å². The summed E-state index contributed by atoms with van der Waals surface area (Å²) in [5.74, 6) is -0.0532. The summed E-state index contributed by atoms with van der Waals surface area (Å²) in [4.78, 5) is 0. The highest BCUT2D eigenvalue weighted by atomic mass is 35.5. The molecule has 20 heavy (non-hydrogen) atoms. The van der Waals surface area contributed by atoms with Gasteiger partial charge in [0.2, 0.25) is 0 Å². The molecule has 2 aromatic carbocycles. The molecule has 2 nitrogen and oxygen atoms in total. The molecule has 0 aliphatic rings. The van der Waals surface area contributed by atoms with Crippen molar-refractivity contribution in [2.24, 2.45) is 5.73 Å². The summed E-state index contributed by atoms with van der Waals surface area (Å²) < 4.78 is 19.5. The number of hydrogen-bond donors (Lipinski definition) is 1. The zero-order valence-corrected chi connectivity index (χ0v) is 12.4. The van der Waals surface area contributed by atoms with Crippen molar-refractivity contribution in [2.75, 3.05) is 0 Å². The largest absolute Gasteiger partial charge is 0.454 e. The normalized spacial score (nSPS) is 12.2. The Balaban J connectivity index is 2.36. The molecule has 0 aliphatic carbocycles. The van der Waals surface area contributed by atoms with Crippen molar-refractivity contribution in [3.8, 4) is 11.5 Å². The van der Waals surface area contributed by atoms with Crippen LogP contribution in [-0.4, -0.2) is 6.04 Å². The van der Waals surface area contributed by atoms with E-state index in [-0.39, 0.29) is 16.8 Å². The van der Waals surface area contributed by atoms with Crippen LogP contribution in [-0.2, 0) is 6.42 Å². The van der Waals surface area contributed by atoms with Crippen LogP contribution in [0.2, 0.25) is 10.0 Å². The lowest BCUT2D eigenvalue weighted by Crippen LogP contribution is -2.18. The summed E-state index contributed by atoms with van der Waals surface area (Å²) in [6, 6.07) is 9.77. The molecule has 0 aliphatic heterocycles. The minimum Gasteiger partial charge on any atom is -0.454 e. The Labute approximate surface area is 127 Å². The standard InChI is InChI=1S/C15H14Cl2FNO/c1-9(19)7-10-5-6-11(16)8-14(10)20-13-4-2-3-12(17)15(13)18/h2-6,8-9H,7,19H2,1H3. The molecule has 1 unspecified atom stereocenters. The highest BCUT2D eigenvalue weighted by molar-refractivity contribution is 6.31. The number of ether oxygens (including phenoxy) is 1. The Morgan fingerprint density at radius 3 is 2.65 bits per heavy atom. The Morgan fingerprint density at radius 2 is 1.95 bits per heavy atom. The van der Waals surface area contributed by atoms with Gasteiger partial charge in [0.25, 0.3) is 0 Å². The zero-order valence-electron chi connectivity index (χ0n) is 10.9. The van der Waals surface area contributed by atoms with Gasteiger partial charge in [0, 0.05) is 11.1 Å². The van der Waals surface area contributed by atoms with Gasteiger partial charge in [-0.05, 0) is 43.2 Å². The quantitative estimate of drug-likeness (QED) is 0.878. The lowest BCUT2D eigenvalue weighted by Gasteiger charge is -2.14. The van der Waals surface area contributed by atoms with E-state index in [2.05, 4.69) is 0 Å². The van der Waals surface area contributed by atoms with E-state index in [4.69, 9.17) is 33.7 Å². The fourth-order valence-corrected chi connectivity index (χ4v) is 2.15. The van der Waals surface area contributed by atoms with Crippen LogP contribution in [0.15, 0.2) is 36.4 Å². The molecule has 1 atom stereocenters. The Morgan fingerprint density at radius 1 is 1.20 bits per heavy atom. The van der Waals surface area contributed by atoms with E-state index in [1.54, 1.807) is 18.2 Å². The molecule has 5 heteroatoms. The third-order valence-electron chi connectivity index (χ3n) is 2.71. The highest BCUT2D eigenvalue weighted by Crippen LogP contribution is 2.32. The van der Waals surface area contributed by atoms with Crippen molar-refractivity contribution < 1.29 is 9.13 Å². The van der Waals surface area contributed by atoms with Crippen LogP contribution in [0.3, 0.4) is 0 Å². The number of benzene rings is 2. The van der Waals surface area contributed by atoms with Crippen LogP contribution >= 0.6 is 23.2 Å². The first-order valence-electron chi connectivity index (χ1n) is 6.13. The predicted molar refractivity (Wildman–Crippen MR) is 80.3 cm³/mol. The minimum atomic E-state index is -0.596. The van der Waals surface area contributed by atoms with Gasteiger partial charge in [-0.3, -0.25) is 0 Å². The van der Waals surface area contributed by atoms with Gasteiger partial charge in [-0.15, -0.1) is 0 Å². The molecular weight excluding hydrogens is 300 g/mol. The van der Waals surface area contributed by atoms with Gasteiger partial charge < -0.3 is 10.5 Å². The van der Waals surface area contributed by atoms with Gasteiger partial charge >= 0.3 is 0 Å². The maximum absolute atomic E-state index is 13.9. The Bertz CT molecular complexity index is 617. The SMILES string of the molecule is CC(N)Cc1ccc(Cl)cc1Oc1cccc(Cl)c1F. The summed E-state index contributed by atoms with van der Waals surface area (Å²) in [6.07, 6.45) is 0.606. The highest BCUT2D eigenvalue weighted by Gasteiger charge is 2.12. The van der Waals surface area contributed by atoms with Crippen LogP contribution < -0.4 is 10.5 Å². The number of halogens is 3. The molecule has 2 N–H and O–H groups in total. The van der Waals surface area contributed by atoms with Crippen LogP contribution in [0.5, 0.6) is 11.5 Å². The van der Waals surface area contributed by atoms with E-state index >= 15 is 0 Å². The van der Waals surface area contributed by atoms with Gasteiger partial charge in [-0.1, -0.05) is 35.3 Å². The third-order valence-corrected chi connectivity index (χ3v) is 3.23. The van der Waals surface area contributed by atoms with E-state index in [9.17, 15) is 4.39 Å². The molecule has 0 saturated carbocycles. The van der Waals surface area contributed by atoms with E-state index in [0.29, 0.717) is 17.2 Å². The summed E-state index contributed by atoms with van der Waals surface area (Å²) >= 11 is 11.7. The van der Waals surface area contributed by atoms with E-state index in [1.165, 1.54) is 12.1 Å². The van der Waals surface area contributed by atoms with Crippen molar-refractivity contribution >= 4 is 23.2 Å². The lowest BCUT2D eigenvalue weighted by atomic mass is 10.1. The lowest BCUT2D eigenvalue weighted by molar-refractivity contribution is 0.436. The Hall–Kier alpha value is -1.29.